The van der Waals surface area contributed by atoms with Crippen LogP contribution in [0.5, 0.6) is 0 Å². The Kier molecular flexibility index (Phi) is 8.88. The first-order valence-corrected chi connectivity index (χ1v) is 10.3. The zero-order valence-electron chi connectivity index (χ0n) is 16.5. The predicted molar refractivity (Wildman–Crippen MR) is 113 cm³/mol. The molecule has 0 amide bonds. The number of nitrogens with one attached hydrogen (secondary N) is 2. The van der Waals surface area contributed by atoms with Crippen LogP contribution in [0.3, 0.4) is 0 Å². The lowest BCUT2D eigenvalue weighted by Gasteiger charge is -2.33. The SMILES string of the molecule is CN=C(NCc1ccc(Br)cc1C)NC1CCN(CCOC(C)C)CC1. The van der Waals surface area contributed by atoms with Crippen molar-refractivity contribution in [3.8, 4) is 0 Å². The van der Waals surface area contributed by atoms with Crippen molar-refractivity contribution in [3.05, 3.63) is 33.8 Å². The van der Waals surface area contributed by atoms with Crippen molar-refractivity contribution in [2.24, 2.45) is 4.99 Å². The van der Waals surface area contributed by atoms with Gasteiger partial charge in [0, 0.05) is 43.7 Å². The maximum atomic E-state index is 5.65. The summed E-state index contributed by atoms with van der Waals surface area (Å²) in [6, 6.07) is 6.86. The van der Waals surface area contributed by atoms with Crippen LogP contribution >= 0.6 is 15.9 Å². The molecule has 1 aliphatic rings. The molecular weight excluding hydrogens is 392 g/mol. The second-order valence-electron chi connectivity index (χ2n) is 7.18. The molecule has 1 saturated heterocycles. The third-order valence-electron chi connectivity index (χ3n) is 4.76. The first-order chi connectivity index (χ1) is 12.5. The van der Waals surface area contributed by atoms with Gasteiger partial charge in [-0.05, 0) is 56.9 Å². The molecule has 5 nitrogen and oxygen atoms in total. The summed E-state index contributed by atoms with van der Waals surface area (Å²) in [7, 11) is 1.84. The van der Waals surface area contributed by atoms with Crippen molar-refractivity contribution >= 4 is 21.9 Å². The highest BCUT2D eigenvalue weighted by molar-refractivity contribution is 9.10. The lowest BCUT2D eigenvalue weighted by Crippen LogP contribution is -2.49. The molecule has 26 heavy (non-hydrogen) atoms. The Labute approximate surface area is 166 Å². The highest BCUT2D eigenvalue weighted by atomic mass is 79.9. The summed E-state index contributed by atoms with van der Waals surface area (Å²) < 4.78 is 6.77. The second kappa shape index (κ2) is 10.9. The van der Waals surface area contributed by atoms with E-state index in [1.807, 2.05) is 7.05 Å². The number of halogens is 1. The maximum absolute atomic E-state index is 5.65. The van der Waals surface area contributed by atoms with Crippen molar-refractivity contribution in [3.63, 3.8) is 0 Å². The van der Waals surface area contributed by atoms with Gasteiger partial charge in [-0.2, -0.15) is 0 Å². The fraction of sp³-hybridized carbons (Fsp3) is 0.650. The Bertz CT molecular complexity index is 583. The number of rotatable bonds is 7. The molecule has 6 heteroatoms. The predicted octanol–water partition coefficient (Wildman–Crippen LogP) is 3.31. The van der Waals surface area contributed by atoms with Gasteiger partial charge in [0.15, 0.2) is 5.96 Å². The number of aryl methyl sites for hydroxylation is 1. The lowest BCUT2D eigenvalue weighted by molar-refractivity contribution is 0.0532. The average molecular weight is 425 g/mol. The van der Waals surface area contributed by atoms with Gasteiger partial charge in [0.1, 0.15) is 0 Å². The van der Waals surface area contributed by atoms with Crippen LogP contribution in [0, 0.1) is 6.92 Å². The number of hydrogen-bond donors (Lipinski definition) is 2. The van der Waals surface area contributed by atoms with Crippen molar-refractivity contribution in [1.82, 2.24) is 15.5 Å². The minimum Gasteiger partial charge on any atom is -0.377 e. The van der Waals surface area contributed by atoms with Crippen molar-refractivity contribution in [2.45, 2.75) is 52.3 Å². The molecule has 2 N–H and O–H groups in total. The highest BCUT2D eigenvalue weighted by Gasteiger charge is 2.19. The Morgan fingerprint density at radius 3 is 2.69 bits per heavy atom. The maximum Gasteiger partial charge on any atom is 0.191 e. The molecule has 0 saturated carbocycles. The summed E-state index contributed by atoms with van der Waals surface area (Å²) in [6.45, 7) is 11.2. The Morgan fingerprint density at radius 1 is 1.35 bits per heavy atom. The number of nitrogens with zero attached hydrogens (tertiary/aromatic N) is 2. The lowest BCUT2D eigenvalue weighted by atomic mass is 10.1. The van der Waals surface area contributed by atoms with Gasteiger partial charge in [0.05, 0.1) is 12.7 Å². The third kappa shape index (κ3) is 7.25. The van der Waals surface area contributed by atoms with E-state index >= 15 is 0 Å². The van der Waals surface area contributed by atoms with E-state index in [0.717, 1.165) is 56.1 Å². The van der Waals surface area contributed by atoms with E-state index in [-0.39, 0.29) is 0 Å². The van der Waals surface area contributed by atoms with Gasteiger partial charge >= 0.3 is 0 Å². The molecule has 0 spiro atoms. The summed E-state index contributed by atoms with van der Waals surface area (Å²) in [5.41, 5.74) is 2.57. The Morgan fingerprint density at radius 2 is 2.08 bits per heavy atom. The summed E-state index contributed by atoms with van der Waals surface area (Å²) in [5.74, 6) is 0.883. The number of hydrogen-bond acceptors (Lipinski definition) is 3. The first kappa shape index (κ1) is 21.2. The normalized spacial score (nSPS) is 16.9. The van der Waals surface area contributed by atoms with Crippen molar-refractivity contribution in [1.29, 1.82) is 0 Å². The average Bonchev–Trinajstić information content (AvgIpc) is 2.61. The van der Waals surface area contributed by atoms with Gasteiger partial charge in [-0.15, -0.1) is 0 Å². The molecular formula is C20H33BrN4O. The van der Waals surface area contributed by atoms with E-state index < -0.39 is 0 Å². The number of likely N-dealkylation sites (tertiary alicyclic amines) is 1. The standard InChI is InChI=1S/C20H33BrN4O/c1-15(2)26-12-11-25-9-7-19(8-10-25)24-20(22-4)23-14-17-5-6-18(21)13-16(17)3/h5-6,13,15,19H,7-12,14H2,1-4H3,(H2,22,23,24). The minimum atomic E-state index is 0.318. The molecule has 1 aromatic rings. The van der Waals surface area contributed by atoms with Crippen LogP contribution in [-0.2, 0) is 11.3 Å². The van der Waals surface area contributed by atoms with Gasteiger partial charge in [0.25, 0.3) is 0 Å². The number of piperidine rings is 1. The minimum absolute atomic E-state index is 0.318. The summed E-state index contributed by atoms with van der Waals surface area (Å²) >= 11 is 3.51. The molecule has 0 atom stereocenters. The quantitative estimate of drug-likeness (QED) is 0.520. The van der Waals surface area contributed by atoms with Gasteiger partial charge in [-0.25, -0.2) is 0 Å². The van der Waals surface area contributed by atoms with E-state index in [9.17, 15) is 0 Å². The molecule has 0 aromatic heterocycles. The number of aliphatic imine (C=N–C) groups is 1. The topological polar surface area (TPSA) is 48.9 Å². The molecule has 0 aliphatic carbocycles. The van der Waals surface area contributed by atoms with Crippen LogP contribution in [0.4, 0.5) is 0 Å². The van der Waals surface area contributed by atoms with Gasteiger partial charge in [0.2, 0.25) is 0 Å². The smallest absolute Gasteiger partial charge is 0.191 e. The van der Waals surface area contributed by atoms with Crippen LogP contribution in [0.1, 0.15) is 37.8 Å². The summed E-state index contributed by atoms with van der Waals surface area (Å²) in [6.07, 6.45) is 2.59. The van der Waals surface area contributed by atoms with Crippen LogP contribution in [-0.4, -0.2) is 56.3 Å². The van der Waals surface area contributed by atoms with Gasteiger partial charge in [-0.3, -0.25) is 4.99 Å². The molecule has 2 rings (SSSR count). The van der Waals surface area contributed by atoms with Gasteiger partial charge in [-0.1, -0.05) is 22.0 Å². The molecule has 0 radical (unpaired) electrons. The number of benzene rings is 1. The molecule has 1 aliphatic heterocycles. The summed E-state index contributed by atoms with van der Waals surface area (Å²) in [4.78, 5) is 6.87. The third-order valence-corrected chi connectivity index (χ3v) is 5.25. The molecule has 1 fully saturated rings. The van der Waals surface area contributed by atoms with Crippen molar-refractivity contribution in [2.75, 3.05) is 33.3 Å². The van der Waals surface area contributed by atoms with E-state index in [1.54, 1.807) is 0 Å². The Hall–Kier alpha value is -1.11. The first-order valence-electron chi connectivity index (χ1n) is 9.54. The van der Waals surface area contributed by atoms with E-state index in [2.05, 4.69) is 75.4 Å². The van der Waals surface area contributed by atoms with Gasteiger partial charge < -0.3 is 20.3 Å². The van der Waals surface area contributed by atoms with E-state index in [1.165, 1.54) is 11.1 Å². The highest BCUT2D eigenvalue weighted by Crippen LogP contribution is 2.15. The fourth-order valence-corrected chi connectivity index (χ4v) is 3.62. The largest absolute Gasteiger partial charge is 0.377 e. The molecule has 0 bridgehead atoms. The van der Waals surface area contributed by atoms with Crippen LogP contribution in [0.25, 0.3) is 0 Å². The molecule has 146 valence electrons. The molecule has 1 aromatic carbocycles. The Balaban J connectivity index is 1.72. The zero-order chi connectivity index (χ0) is 18.9. The molecule has 1 heterocycles. The zero-order valence-corrected chi connectivity index (χ0v) is 18.1. The van der Waals surface area contributed by atoms with Crippen LogP contribution in [0.2, 0.25) is 0 Å². The van der Waals surface area contributed by atoms with Crippen molar-refractivity contribution < 1.29 is 4.74 Å². The number of guanidine groups is 1. The van der Waals surface area contributed by atoms with E-state index in [0.29, 0.717) is 12.1 Å². The van der Waals surface area contributed by atoms with Crippen LogP contribution in [0.15, 0.2) is 27.7 Å². The number of ether oxygens (including phenoxy) is 1. The second-order valence-corrected chi connectivity index (χ2v) is 8.09. The molecule has 0 unspecified atom stereocenters. The fourth-order valence-electron chi connectivity index (χ4n) is 3.14. The monoisotopic (exact) mass is 424 g/mol. The van der Waals surface area contributed by atoms with Crippen LogP contribution < -0.4 is 10.6 Å². The summed E-state index contributed by atoms with van der Waals surface area (Å²) in [5, 5.41) is 7.01. The van der Waals surface area contributed by atoms with E-state index in [4.69, 9.17) is 4.74 Å².